The van der Waals surface area contributed by atoms with Crippen LogP contribution >= 0.6 is 15.9 Å². The first-order valence-corrected chi connectivity index (χ1v) is 6.73. The van der Waals surface area contributed by atoms with Crippen LogP contribution in [0.15, 0.2) is 23.2 Å². The van der Waals surface area contributed by atoms with E-state index in [1.54, 1.807) is 18.7 Å². The first kappa shape index (κ1) is 11.6. The zero-order chi connectivity index (χ0) is 12.4. The zero-order valence-electron chi connectivity index (χ0n) is 9.75. The van der Waals surface area contributed by atoms with Crippen LogP contribution in [0.3, 0.4) is 0 Å². The van der Waals surface area contributed by atoms with Gasteiger partial charge in [0.2, 0.25) is 5.95 Å². The number of aromatic nitrogens is 5. The van der Waals surface area contributed by atoms with E-state index in [0.29, 0.717) is 0 Å². The van der Waals surface area contributed by atoms with E-state index >= 15 is 0 Å². The molecule has 7 heteroatoms. The summed E-state index contributed by atoms with van der Waals surface area (Å²) in [6.07, 6.45) is 8.49. The van der Waals surface area contributed by atoms with E-state index < -0.39 is 0 Å². The molecule has 1 saturated heterocycles. The summed E-state index contributed by atoms with van der Waals surface area (Å²) in [4.78, 5) is 15.2. The lowest BCUT2D eigenvalue weighted by Gasteiger charge is -2.34. The molecule has 0 aromatic carbocycles. The SMILES string of the molecule is Brc1cnc(N2CCCCC2c2ncn[nH]2)nc1. The highest BCUT2D eigenvalue weighted by molar-refractivity contribution is 9.10. The van der Waals surface area contributed by atoms with Gasteiger partial charge in [-0.15, -0.1) is 0 Å². The topological polar surface area (TPSA) is 70.6 Å². The Balaban J connectivity index is 1.90. The van der Waals surface area contributed by atoms with Crippen LogP contribution < -0.4 is 4.90 Å². The van der Waals surface area contributed by atoms with Crippen molar-refractivity contribution in [3.63, 3.8) is 0 Å². The molecule has 1 fully saturated rings. The van der Waals surface area contributed by atoms with Gasteiger partial charge in [-0.3, -0.25) is 5.10 Å². The lowest BCUT2D eigenvalue weighted by Crippen LogP contribution is -2.35. The average Bonchev–Trinajstić information content (AvgIpc) is 2.93. The third-order valence-electron chi connectivity index (χ3n) is 3.12. The Morgan fingerprint density at radius 3 is 2.78 bits per heavy atom. The van der Waals surface area contributed by atoms with Crippen molar-refractivity contribution in [2.24, 2.45) is 0 Å². The molecule has 3 rings (SSSR count). The Bertz CT molecular complexity index is 497. The van der Waals surface area contributed by atoms with Crippen molar-refractivity contribution in [1.29, 1.82) is 0 Å². The third-order valence-corrected chi connectivity index (χ3v) is 3.53. The number of rotatable bonds is 2. The number of nitrogens with one attached hydrogen (secondary N) is 1. The van der Waals surface area contributed by atoms with Gasteiger partial charge in [0.15, 0.2) is 0 Å². The molecule has 94 valence electrons. The second-order valence-electron chi connectivity index (χ2n) is 4.28. The molecule has 2 aromatic heterocycles. The minimum Gasteiger partial charge on any atom is -0.331 e. The van der Waals surface area contributed by atoms with Gasteiger partial charge in [0.1, 0.15) is 12.2 Å². The molecule has 6 nitrogen and oxygen atoms in total. The molecule has 0 radical (unpaired) electrons. The second kappa shape index (κ2) is 5.01. The van der Waals surface area contributed by atoms with Crippen LogP contribution in [0.1, 0.15) is 31.1 Å². The standard InChI is InChI=1S/C11H13BrN6/c12-8-5-13-11(14-6-8)18-4-2-1-3-9(18)10-15-7-16-17-10/h5-7,9H,1-4H2,(H,15,16,17). The first-order chi connectivity index (χ1) is 8.84. The summed E-state index contributed by atoms with van der Waals surface area (Å²) in [6.45, 7) is 0.951. The van der Waals surface area contributed by atoms with E-state index in [0.717, 1.165) is 35.6 Å². The smallest absolute Gasteiger partial charge is 0.225 e. The largest absolute Gasteiger partial charge is 0.331 e. The fourth-order valence-corrected chi connectivity index (χ4v) is 2.49. The number of hydrogen-bond donors (Lipinski definition) is 1. The average molecular weight is 309 g/mol. The van der Waals surface area contributed by atoms with Gasteiger partial charge in [0.25, 0.3) is 0 Å². The van der Waals surface area contributed by atoms with Crippen LogP contribution in [0.4, 0.5) is 5.95 Å². The van der Waals surface area contributed by atoms with Crippen LogP contribution in [0.5, 0.6) is 0 Å². The highest BCUT2D eigenvalue weighted by Gasteiger charge is 2.27. The van der Waals surface area contributed by atoms with Gasteiger partial charge in [-0.05, 0) is 35.2 Å². The maximum Gasteiger partial charge on any atom is 0.225 e. The molecule has 1 N–H and O–H groups in total. The molecule has 1 aliphatic heterocycles. The van der Waals surface area contributed by atoms with E-state index in [-0.39, 0.29) is 6.04 Å². The predicted octanol–water partition coefficient (Wildman–Crippen LogP) is 2.09. The molecule has 1 unspecified atom stereocenters. The summed E-state index contributed by atoms with van der Waals surface area (Å²) in [5.74, 6) is 1.64. The predicted molar refractivity (Wildman–Crippen MR) is 70.1 cm³/mol. The summed E-state index contributed by atoms with van der Waals surface area (Å²) in [6, 6.07) is 0.197. The van der Waals surface area contributed by atoms with Crippen LogP contribution in [-0.4, -0.2) is 31.7 Å². The molecule has 1 atom stereocenters. The van der Waals surface area contributed by atoms with Crippen molar-refractivity contribution < 1.29 is 0 Å². The van der Waals surface area contributed by atoms with Crippen LogP contribution in [0, 0.1) is 0 Å². The van der Waals surface area contributed by atoms with E-state index in [1.807, 2.05) is 0 Å². The van der Waals surface area contributed by atoms with Gasteiger partial charge in [-0.2, -0.15) is 5.10 Å². The van der Waals surface area contributed by atoms with Crippen LogP contribution in [-0.2, 0) is 0 Å². The second-order valence-corrected chi connectivity index (χ2v) is 5.19. The monoisotopic (exact) mass is 308 g/mol. The third kappa shape index (κ3) is 2.22. The van der Waals surface area contributed by atoms with Crippen molar-refractivity contribution in [2.45, 2.75) is 25.3 Å². The minimum atomic E-state index is 0.197. The lowest BCUT2D eigenvalue weighted by molar-refractivity contribution is 0.450. The Labute approximate surface area is 113 Å². The minimum absolute atomic E-state index is 0.197. The molecule has 1 aliphatic rings. The molecule has 0 aliphatic carbocycles. The fourth-order valence-electron chi connectivity index (χ4n) is 2.28. The summed E-state index contributed by atoms with van der Waals surface area (Å²) in [7, 11) is 0. The van der Waals surface area contributed by atoms with Crippen LogP contribution in [0.2, 0.25) is 0 Å². The van der Waals surface area contributed by atoms with E-state index in [4.69, 9.17) is 0 Å². The maximum absolute atomic E-state index is 4.37. The molecule has 0 spiro atoms. The first-order valence-electron chi connectivity index (χ1n) is 5.94. The summed E-state index contributed by atoms with van der Waals surface area (Å²) in [5.41, 5.74) is 0. The Morgan fingerprint density at radius 1 is 1.22 bits per heavy atom. The quantitative estimate of drug-likeness (QED) is 0.920. The zero-order valence-corrected chi connectivity index (χ0v) is 11.3. The van der Waals surface area contributed by atoms with Crippen molar-refractivity contribution in [2.75, 3.05) is 11.4 Å². The highest BCUT2D eigenvalue weighted by Crippen LogP contribution is 2.31. The molecule has 0 amide bonds. The van der Waals surface area contributed by atoms with Crippen molar-refractivity contribution >= 4 is 21.9 Å². The van der Waals surface area contributed by atoms with Gasteiger partial charge < -0.3 is 4.90 Å². The normalized spacial score (nSPS) is 20.1. The summed E-state index contributed by atoms with van der Waals surface area (Å²) >= 11 is 3.35. The van der Waals surface area contributed by atoms with Gasteiger partial charge in [0, 0.05) is 18.9 Å². The molecular formula is C11H13BrN6. The summed E-state index contributed by atoms with van der Waals surface area (Å²) < 4.78 is 0.888. The maximum atomic E-state index is 4.37. The number of anilines is 1. The number of H-pyrrole nitrogens is 1. The van der Waals surface area contributed by atoms with Gasteiger partial charge in [-0.1, -0.05) is 0 Å². The Morgan fingerprint density at radius 2 is 2.06 bits per heavy atom. The van der Waals surface area contributed by atoms with Crippen molar-refractivity contribution in [3.8, 4) is 0 Å². The lowest BCUT2D eigenvalue weighted by atomic mass is 10.0. The highest BCUT2D eigenvalue weighted by atomic mass is 79.9. The molecule has 0 saturated carbocycles. The number of hydrogen-bond acceptors (Lipinski definition) is 5. The van der Waals surface area contributed by atoms with Gasteiger partial charge in [0.05, 0.1) is 10.5 Å². The summed E-state index contributed by atoms with van der Waals surface area (Å²) in [5, 5.41) is 6.88. The number of piperidine rings is 1. The molecule has 3 heterocycles. The van der Waals surface area contributed by atoms with Gasteiger partial charge >= 0.3 is 0 Å². The van der Waals surface area contributed by atoms with Crippen molar-refractivity contribution in [1.82, 2.24) is 25.1 Å². The number of halogens is 1. The molecule has 18 heavy (non-hydrogen) atoms. The Kier molecular flexibility index (Phi) is 3.22. The van der Waals surface area contributed by atoms with E-state index in [9.17, 15) is 0 Å². The van der Waals surface area contributed by atoms with E-state index in [2.05, 4.69) is 46.0 Å². The number of nitrogens with zero attached hydrogens (tertiary/aromatic N) is 5. The number of aromatic amines is 1. The molecule has 0 bridgehead atoms. The van der Waals surface area contributed by atoms with Crippen molar-refractivity contribution in [3.05, 3.63) is 29.0 Å². The van der Waals surface area contributed by atoms with Gasteiger partial charge in [-0.25, -0.2) is 15.0 Å². The van der Waals surface area contributed by atoms with E-state index in [1.165, 1.54) is 6.42 Å². The molecular weight excluding hydrogens is 296 g/mol. The van der Waals surface area contributed by atoms with Crippen LogP contribution in [0.25, 0.3) is 0 Å². The molecule has 2 aromatic rings. The Hall–Kier alpha value is -1.50. The fraction of sp³-hybridized carbons (Fsp3) is 0.455.